The number of aryl methyl sites for hydroxylation is 2. The predicted molar refractivity (Wildman–Crippen MR) is 98.1 cm³/mol. The van der Waals surface area contributed by atoms with Crippen molar-refractivity contribution >= 4 is 5.91 Å². The second kappa shape index (κ2) is 8.56. The number of amides is 1. The highest BCUT2D eigenvalue weighted by atomic mass is 16.5. The van der Waals surface area contributed by atoms with E-state index in [1.807, 2.05) is 43.3 Å². The Morgan fingerprint density at radius 3 is 2.56 bits per heavy atom. The number of para-hydroxylation sites is 1. The van der Waals surface area contributed by atoms with E-state index >= 15 is 0 Å². The summed E-state index contributed by atoms with van der Waals surface area (Å²) in [5.74, 6) is 1.43. The van der Waals surface area contributed by atoms with Gasteiger partial charge in [-0.1, -0.05) is 24.3 Å². The van der Waals surface area contributed by atoms with E-state index in [0.29, 0.717) is 6.61 Å². The molecule has 1 aliphatic rings. The molecule has 1 N–H and O–H groups in total. The van der Waals surface area contributed by atoms with Gasteiger partial charge in [-0.2, -0.15) is 0 Å². The van der Waals surface area contributed by atoms with Crippen LogP contribution in [-0.2, 0) is 17.6 Å². The smallest absolute Gasteiger partial charge is 0.258 e. The SMILES string of the molecule is C[C@@H](COc1ccccc1)NC(=O)COc1ccc2c(c1)CCCC2. The number of carbonyl (C=O) groups is 1. The summed E-state index contributed by atoms with van der Waals surface area (Å²) >= 11 is 0. The number of hydrogen-bond acceptors (Lipinski definition) is 3. The summed E-state index contributed by atoms with van der Waals surface area (Å²) in [7, 11) is 0. The minimum atomic E-state index is -0.137. The normalized spacial score (nSPS) is 14.3. The highest BCUT2D eigenvalue weighted by Gasteiger charge is 2.12. The molecule has 0 aromatic heterocycles. The van der Waals surface area contributed by atoms with E-state index in [0.717, 1.165) is 24.3 Å². The number of hydrogen-bond donors (Lipinski definition) is 1. The highest BCUT2D eigenvalue weighted by Crippen LogP contribution is 2.25. The summed E-state index contributed by atoms with van der Waals surface area (Å²) in [6, 6.07) is 15.6. The average molecular weight is 339 g/mol. The zero-order valence-corrected chi connectivity index (χ0v) is 14.7. The van der Waals surface area contributed by atoms with E-state index in [4.69, 9.17) is 9.47 Å². The number of carbonyl (C=O) groups excluding carboxylic acids is 1. The van der Waals surface area contributed by atoms with E-state index < -0.39 is 0 Å². The summed E-state index contributed by atoms with van der Waals surface area (Å²) in [6.07, 6.45) is 4.75. The van der Waals surface area contributed by atoms with Crippen molar-refractivity contribution in [1.82, 2.24) is 5.32 Å². The molecule has 0 aliphatic heterocycles. The van der Waals surface area contributed by atoms with Gasteiger partial charge in [-0.3, -0.25) is 4.79 Å². The maximum atomic E-state index is 12.0. The average Bonchev–Trinajstić information content (AvgIpc) is 2.65. The van der Waals surface area contributed by atoms with Gasteiger partial charge in [0.1, 0.15) is 18.1 Å². The summed E-state index contributed by atoms with van der Waals surface area (Å²) in [6.45, 7) is 2.36. The molecule has 0 fully saturated rings. The van der Waals surface area contributed by atoms with Crippen molar-refractivity contribution in [3.8, 4) is 11.5 Å². The number of rotatable bonds is 7. The van der Waals surface area contributed by atoms with Crippen molar-refractivity contribution in [3.63, 3.8) is 0 Å². The molecule has 1 aliphatic carbocycles. The van der Waals surface area contributed by atoms with Gasteiger partial charge in [0.2, 0.25) is 0 Å². The van der Waals surface area contributed by atoms with Crippen molar-refractivity contribution in [1.29, 1.82) is 0 Å². The molecule has 132 valence electrons. The second-order valence-corrected chi connectivity index (χ2v) is 6.52. The largest absolute Gasteiger partial charge is 0.491 e. The highest BCUT2D eigenvalue weighted by molar-refractivity contribution is 5.77. The maximum Gasteiger partial charge on any atom is 0.258 e. The van der Waals surface area contributed by atoms with Gasteiger partial charge < -0.3 is 14.8 Å². The third-order valence-electron chi connectivity index (χ3n) is 4.34. The van der Waals surface area contributed by atoms with Gasteiger partial charge in [-0.25, -0.2) is 0 Å². The Balaban J connectivity index is 1.41. The molecular weight excluding hydrogens is 314 g/mol. The van der Waals surface area contributed by atoms with Crippen LogP contribution in [-0.4, -0.2) is 25.2 Å². The second-order valence-electron chi connectivity index (χ2n) is 6.52. The Morgan fingerprint density at radius 2 is 1.76 bits per heavy atom. The van der Waals surface area contributed by atoms with Gasteiger partial charge in [0.15, 0.2) is 6.61 Å². The van der Waals surface area contributed by atoms with Crippen LogP contribution < -0.4 is 14.8 Å². The van der Waals surface area contributed by atoms with E-state index in [9.17, 15) is 4.79 Å². The maximum absolute atomic E-state index is 12.0. The van der Waals surface area contributed by atoms with Crippen LogP contribution in [0.4, 0.5) is 0 Å². The molecular formula is C21H25NO3. The number of fused-ring (bicyclic) bond motifs is 1. The van der Waals surface area contributed by atoms with Crippen molar-refractivity contribution in [3.05, 3.63) is 59.7 Å². The lowest BCUT2D eigenvalue weighted by molar-refractivity contribution is -0.123. The van der Waals surface area contributed by atoms with Crippen LogP contribution in [0.3, 0.4) is 0 Å². The molecule has 0 spiro atoms. The van der Waals surface area contributed by atoms with Crippen molar-refractivity contribution in [2.45, 2.75) is 38.6 Å². The minimum Gasteiger partial charge on any atom is -0.491 e. The Labute approximate surface area is 149 Å². The molecule has 4 heteroatoms. The van der Waals surface area contributed by atoms with Gasteiger partial charge in [0.05, 0.1) is 6.04 Å². The van der Waals surface area contributed by atoms with Crippen LogP contribution in [0.5, 0.6) is 11.5 Å². The molecule has 0 unspecified atom stereocenters. The van der Waals surface area contributed by atoms with E-state index in [2.05, 4.69) is 17.4 Å². The zero-order valence-electron chi connectivity index (χ0n) is 14.7. The Bertz CT molecular complexity index is 700. The van der Waals surface area contributed by atoms with E-state index in [-0.39, 0.29) is 18.6 Å². The molecule has 1 amide bonds. The standard InChI is InChI=1S/C21H25NO3/c1-16(14-24-19-9-3-2-4-10-19)22-21(23)15-25-20-12-11-17-7-5-6-8-18(17)13-20/h2-4,9-13,16H,5-8,14-15H2,1H3,(H,22,23)/t16-/m0/s1. The molecule has 25 heavy (non-hydrogen) atoms. The summed E-state index contributed by atoms with van der Waals surface area (Å²) in [4.78, 5) is 12.0. The third-order valence-corrected chi connectivity index (χ3v) is 4.34. The molecule has 0 bridgehead atoms. The summed E-state index contributed by atoms with van der Waals surface area (Å²) < 4.78 is 11.3. The Hall–Kier alpha value is -2.49. The Morgan fingerprint density at radius 1 is 1.00 bits per heavy atom. The van der Waals surface area contributed by atoms with Gasteiger partial charge in [-0.05, 0) is 68.0 Å². The first-order valence-corrected chi connectivity index (χ1v) is 8.92. The fourth-order valence-corrected chi connectivity index (χ4v) is 3.04. The van der Waals surface area contributed by atoms with Crippen LogP contribution in [0.2, 0.25) is 0 Å². The lowest BCUT2D eigenvalue weighted by Crippen LogP contribution is -2.39. The molecule has 0 saturated carbocycles. The lowest BCUT2D eigenvalue weighted by Gasteiger charge is -2.17. The third kappa shape index (κ3) is 5.24. The molecule has 2 aromatic rings. The van der Waals surface area contributed by atoms with Gasteiger partial charge >= 0.3 is 0 Å². The molecule has 3 rings (SSSR count). The van der Waals surface area contributed by atoms with Crippen LogP contribution in [0.1, 0.15) is 30.9 Å². The van der Waals surface area contributed by atoms with Crippen molar-refractivity contribution < 1.29 is 14.3 Å². The van der Waals surface area contributed by atoms with Crippen molar-refractivity contribution in [2.75, 3.05) is 13.2 Å². The van der Waals surface area contributed by atoms with Crippen molar-refractivity contribution in [2.24, 2.45) is 0 Å². The number of ether oxygens (including phenoxy) is 2. The monoisotopic (exact) mass is 339 g/mol. The van der Waals surface area contributed by atoms with Crippen LogP contribution in [0.15, 0.2) is 48.5 Å². The summed E-state index contributed by atoms with van der Waals surface area (Å²) in [5.41, 5.74) is 2.77. The Kier molecular flexibility index (Phi) is 5.94. The number of nitrogens with one attached hydrogen (secondary N) is 1. The minimum absolute atomic E-state index is 0.0223. The molecule has 0 saturated heterocycles. The predicted octanol–water partition coefficient (Wildman–Crippen LogP) is 3.53. The molecule has 1 atom stereocenters. The quantitative estimate of drug-likeness (QED) is 0.839. The first-order chi connectivity index (χ1) is 12.2. The zero-order chi connectivity index (χ0) is 17.5. The molecule has 0 radical (unpaired) electrons. The summed E-state index contributed by atoms with van der Waals surface area (Å²) in [5, 5.41) is 2.89. The van der Waals surface area contributed by atoms with Gasteiger partial charge in [0.25, 0.3) is 5.91 Å². The fraction of sp³-hybridized carbons (Fsp3) is 0.381. The van der Waals surface area contributed by atoms with Crippen LogP contribution in [0, 0.1) is 0 Å². The fourth-order valence-electron chi connectivity index (χ4n) is 3.04. The van der Waals surface area contributed by atoms with Gasteiger partial charge in [-0.15, -0.1) is 0 Å². The van der Waals surface area contributed by atoms with E-state index in [1.165, 1.54) is 24.0 Å². The first kappa shape index (κ1) is 17.3. The topological polar surface area (TPSA) is 47.6 Å². The lowest BCUT2D eigenvalue weighted by atomic mass is 9.92. The van der Waals surface area contributed by atoms with Gasteiger partial charge in [0, 0.05) is 0 Å². The van der Waals surface area contributed by atoms with E-state index in [1.54, 1.807) is 0 Å². The molecule has 0 heterocycles. The first-order valence-electron chi connectivity index (χ1n) is 8.92. The van der Waals surface area contributed by atoms with Crippen LogP contribution >= 0.6 is 0 Å². The molecule has 2 aromatic carbocycles. The van der Waals surface area contributed by atoms with Crippen LogP contribution in [0.25, 0.3) is 0 Å². The number of benzene rings is 2. The molecule has 4 nitrogen and oxygen atoms in total.